The van der Waals surface area contributed by atoms with Gasteiger partial charge < -0.3 is 14.2 Å². The van der Waals surface area contributed by atoms with Gasteiger partial charge in [0.05, 0.1) is 6.04 Å². The van der Waals surface area contributed by atoms with Gasteiger partial charge in [0.15, 0.2) is 6.10 Å². The quantitative estimate of drug-likeness (QED) is 0.848. The Morgan fingerprint density at radius 3 is 2.88 bits per heavy atom. The van der Waals surface area contributed by atoms with E-state index in [1.165, 1.54) is 0 Å². The number of carbonyl (C=O) groups excluding carboxylic acids is 1. The van der Waals surface area contributed by atoms with E-state index >= 15 is 0 Å². The Balaban J connectivity index is 1.75. The zero-order valence-electron chi connectivity index (χ0n) is 14.4. The first kappa shape index (κ1) is 16.7. The standard InChI is InChI=1S/C19H25N3O2/c1-3-17-20-11-13-22(17)16-10-7-12-21(14-16)19(23)18(24-2)15-8-5-4-6-9-15/h4-6,8-9,11,13,16,18H,3,7,10,12,14H2,1-2H3. The molecule has 1 amide bonds. The molecular formula is C19H25N3O2. The zero-order chi connectivity index (χ0) is 16.9. The molecule has 2 unspecified atom stereocenters. The molecule has 0 radical (unpaired) electrons. The third-order valence-electron chi connectivity index (χ3n) is 4.73. The first-order valence-corrected chi connectivity index (χ1v) is 8.62. The van der Waals surface area contributed by atoms with Gasteiger partial charge in [-0.2, -0.15) is 0 Å². The summed E-state index contributed by atoms with van der Waals surface area (Å²) in [6, 6.07) is 10.0. The normalized spacial score (nSPS) is 19.2. The molecule has 5 heteroatoms. The van der Waals surface area contributed by atoms with E-state index < -0.39 is 6.10 Å². The molecule has 1 fully saturated rings. The summed E-state index contributed by atoms with van der Waals surface area (Å²) in [4.78, 5) is 19.3. The van der Waals surface area contributed by atoms with Crippen molar-refractivity contribution in [2.75, 3.05) is 20.2 Å². The summed E-state index contributed by atoms with van der Waals surface area (Å²) in [6.07, 6.45) is 6.34. The molecule has 0 saturated carbocycles. The number of carbonyl (C=O) groups is 1. The highest BCUT2D eigenvalue weighted by atomic mass is 16.5. The van der Waals surface area contributed by atoms with Crippen molar-refractivity contribution in [3.63, 3.8) is 0 Å². The van der Waals surface area contributed by atoms with Crippen LogP contribution in [0.4, 0.5) is 0 Å². The molecule has 0 aliphatic carbocycles. The van der Waals surface area contributed by atoms with Gasteiger partial charge in [0.1, 0.15) is 5.82 Å². The lowest BCUT2D eigenvalue weighted by Crippen LogP contribution is -2.43. The van der Waals surface area contributed by atoms with Gasteiger partial charge in [0.2, 0.25) is 0 Å². The molecule has 3 rings (SSSR count). The van der Waals surface area contributed by atoms with Crippen molar-refractivity contribution in [1.29, 1.82) is 0 Å². The Morgan fingerprint density at radius 2 is 2.17 bits per heavy atom. The fourth-order valence-corrected chi connectivity index (χ4v) is 3.51. The molecule has 2 atom stereocenters. The Kier molecular flexibility index (Phi) is 5.30. The average Bonchev–Trinajstić information content (AvgIpc) is 3.12. The Hall–Kier alpha value is -2.14. The summed E-state index contributed by atoms with van der Waals surface area (Å²) in [7, 11) is 1.60. The van der Waals surface area contributed by atoms with E-state index in [9.17, 15) is 4.79 Å². The Bertz CT molecular complexity index is 668. The van der Waals surface area contributed by atoms with Gasteiger partial charge in [0, 0.05) is 39.0 Å². The van der Waals surface area contributed by atoms with Crippen LogP contribution in [0.3, 0.4) is 0 Å². The molecule has 1 aromatic carbocycles. The fraction of sp³-hybridized carbons (Fsp3) is 0.474. The van der Waals surface area contributed by atoms with Crippen LogP contribution in [0.2, 0.25) is 0 Å². The van der Waals surface area contributed by atoms with Crippen molar-refractivity contribution >= 4 is 5.91 Å². The van der Waals surface area contributed by atoms with Crippen molar-refractivity contribution in [2.45, 2.75) is 38.3 Å². The number of likely N-dealkylation sites (tertiary alicyclic amines) is 1. The Labute approximate surface area is 143 Å². The van der Waals surface area contributed by atoms with Gasteiger partial charge in [0.25, 0.3) is 5.91 Å². The molecule has 24 heavy (non-hydrogen) atoms. The molecule has 0 bridgehead atoms. The lowest BCUT2D eigenvalue weighted by molar-refractivity contribution is -0.144. The summed E-state index contributed by atoms with van der Waals surface area (Å²) in [5.41, 5.74) is 0.906. The maximum absolute atomic E-state index is 13.0. The van der Waals surface area contributed by atoms with E-state index in [4.69, 9.17) is 4.74 Å². The van der Waals surface area contributed by atoms with Crippen LogP contribution < -0.4 is 0 Å². The first-order valence-electron chi connectivity index (χ1n) is 8.62. The molecule has 0 spiro atoms. The van der Waals surface area contributed by atoms with Gasteiger partial charge in [-0.15, -0.1) is 0 Å². The molecule has 2 heterocycles. The van der Waals surface area contributed by atoms with Crippen LogP contribution in [0, 0.1) is 0 Å². The number of rotatable bonds is 5. The maximum atomic E-state index is 13.0. The number of hydrogen-bond acceptors (Lipinski definition) is 3. The highest BCUT2D eigenvalue weighted by Gasteiger charge is 2.30. The molecule has 2 aromatic rings. The molecular weight excluding hydrogens is 302 g/mol. The molecule has 1 saturated heterocycles. The topological polar surface area (TPSA) is 47.4 Å². The van der Waals surface area contributed by atoms with Crippen molar-refractivity contribution in [1.82, 2.24) is 14.5 Å². The van der Waals surface area contributed by atoms with Crippen LogP contribution in [0.1, 0.15) is 43.3 Å². The second-order valence-corrected chi connectivity index (χ2v) is 6.21. The monoisotopic (exact) mass is 327 g/mol. The van der Waals surface area contributed by atoms with Gasteiger partial charge in [-0.3, -0.25) is 4.79 Å². The summed E-state index contributed by atoms with van der Waals surface area (Å²) in [5.74, 6) is 1.13. The molecule has 1 aromatic heterocycles. The molecule has 1 aliphatic heterocycles. The minimum absolute atomic E-state index is 0.0477. The highest BCUT2D eigenvalue weighted by Crippen LogP contribution is 2.27. The third-order valence-corrected chi connectivity index (χ3v) is 4.73. The van der Waals surface area contributed by atoms with Crippen LogP contribution in [-0.2, 0) is 16.0 Å². The number of aryl methyl sites for hydroxylation is 1. The van der Waals surface area contributed by atoms with Crippen LogP contribution >= 0.6 is 0 Å². The van der Waals surface area contributed by atoms with Crippen molar-refractivity contribution in [2.24, 2.45) is 0 Å². The van der Waals surface area contributed by atoms with E-state index in [1.54, 1.807) is 7.11 Å². The summed E-state index contributed by atoms with van der Waals surface area (Å²) in [5, 5.41) is 0. The van der Waals surface area contributed by atoms with Crippen molar-refractivity contribution < 1.29 is 9.53 Å². The minimum atomic E-state index is -0.529. The molecule has 0 N–H and O–H groups in total. The SMILES string of the molecule is CCc1nccn1C1CCCN(C(=O)C(OC)c2ccccc2)C1. The highest BCUT2D eigenvalue weighted by molar-refractivity contribution is 5.82. The molecule has 1 aliphatic rings. The average molecular weight is 327 g/mol. The van der Waals surface area contributed by atoms with E-state index in [0.29, 0.717) is 6.04 Å². The van der Waals surface area contributed by atoms with Crippen LogP contribution in [-0.4, -0.2) is 40.6 Å². The molecule has 5 nitrogen and oxygen atoms in total. The van der Waals surface area contributed by atoms with Crippen molar-refractivity contribution in [3.8, 4) is 0 Å². The van der Waals surface area contributed by atoms with E-state index in [-0.39, 0.29) is 5.91 Å². The number of nitrogens with zero attached hydrogens (tertiary/aromatic N) is 3. The summed E-state index contributed by atoms with van der Waals surface area (Å²) >= 11 is 0. The van der Waals surface area contributed by atoms with Crippen LogP contribution in [0.25, 0.3) is 0 Å². The number of benzene rings is 1. The number of aromatic nitrogens is 2. The first-order chi connectivity index (χ1) is 11.7. The van der Waals surface area contributed by atoms with Gasteiger partial charge in [-0.25, -0.2) is 4.98 Å². The largest absolute Gasteiger partial charge is 0.367 e. The second kappa shape index (κ2) is 7.62. The number of ether oxygens (including phenoxy) is 1. The van der Waals surface area contributed by atoms with E-state index in [0.717, 1.165) is 43.7 Å². The predicted octanol–water partition coefficient (Wildman–Crippen LogP) is 3.00. The number of amides is 1. The fourth-order valence-electron chi connectivity index (χ4n) is 3.51. The van der Waals surface area contributed by atoms with Gasteiger partial charge in [-0.05, 0) is 18.4 Å². The van der Waals surface area contributed by atoms with Gasteiger partial charge in [-0.1, -0.05) is 37.3 Å². The summed E-state index contributed by atoms with van der Waals surface area (Å²) < 4.78 is 7.74. The van der Waals surface area contributed by atoms with Crippen LogP contribution in [0.15, 0.2) is 42.7 Å². The van der Waals surface area contributed by atoms with E-state index in [1.807, 2.05) is 47.6 Å². The van der Waals surface area contributed by atoms with E-state index in [2.05, 4.69) is 16.5 Å². The summed E-state index contributed by atoms with van der Waals surface area (Å²) in [6.45, 7) is 3.62. The number of methoxy groups -OCH3 is 1. The smallest absolute Gasteiger partial charge is 0.256 e. The maximum Gasteiger partial charge on any atom is 0.256 e. The predicted molar refractivity (Wildman–Crippen MR) is 92.6 cm³/mol. The number of hydrogen-bond donors (Lipinski definition) is 0. The van der Waals surface area contributed by atoms with Gasteiger partial charge >= 0.3 is 0 Å². The number of imidazole rings is 1. The van der Waals surface area contributed by atoms with Crippen LogP contribution in [0.5, 0.6) is 0 Å². The number of piperidine rings is 1. The molecule has 128 valence electrons. The second-order valence-electron chi connectivity index (χ2n) is 6.21. The minimum Gasteiger partial charge on any atom is -0.367 e. The zero-order valence-corrected chi connectivity index (χ0v) is 14.4. The lowest BCUT2D eigenvalue weighted by atomic mass is 10.0. The Morgan fingerprint density at radius 1 is 1.38 bits per heavy atom. The third kappa shape index (κ3) is 3.36. The van der Waals surface area contributed by atoms with Crippen molar-refractivity contribution in [3.05, 3.63) is 54.1 Å². The lowest BCUT2D eigenvalue weighted by Gasteiger charge is -2.35.